The summed E-state index contributed by atoms with van der Waals surface area (Å²) >= 11 is 1.82. The maximum absolute atomic E-state index is 14.9. The van der Waals surface area contributed by atoms with Crippen LogP contribution in [-0.4, -0.2) is 15.0 Å². The van der Waals surface area contributed by atoms with Crippen LogP contribution in [0.3, 0.4) is 0 Å². The van der Waals surface area contributed by atoms with E-state index in [2.05, 4.69) is 77.8 Å². The van der Waals surface area contributed by atoms with E-state index >= 15 is 0 Å². The van der Waals surface area contributed by atoms with Gasteiger partial charge in [0.25, 0.3) is 0 Å². The third-order valence-corrected chi connectivity index (χ3v) is 9.11. The highest BCUT2D eigenvalue weighted by Gasteiger charge is 2.17. The first kappa shape index (κ1) is 26.1. The summed E-state index contributed by atoms with van der Waals surface area (Å²) in [5.74, 6) is 0.925. The van der Waals surface area contributed by atoms with Crippen molar-refractivity contribution in [2.24, 2.45) is 0 Å². The van der Waals surface area contributed by atoms with E-state index in [0.717, 1.165) is 22.3 Å². The SMILES string of the molecule is Fc1ccccc1-c1nc(-c2ccccc2)nc(-c2cccc(-c3cccc4c3sc3c(-c5ccccc5)cccc34)c2)n1. The summed E-state index contributed by atoms with van der Waals surface area (Å²) in [5, 5.41) is 2.49. The highest BCUT2D eigenvalue weighted by atomic mass is 32.1. The minimum atomic E-state index is -0.372. The van der Waals surface area contributed by atoms with Crippen LogP contribution in [0.15, 0.2) is 146 Å². The second kappa shape index (κ2) is 11.0. The number of fused-ring (bicyclic) bond motifs is 3. The van der Waals surface area contributed by atoms with Crippen molar-refractivity contribution in [2.75, 3.05) is 0 Å². The molecule has 0 bridgehead atoms. The quantitative estimate of drug-likeness (QED) is 0.202. The van der Waals surface area contributed by atoms with Gasteiger partial charge in [0.1, 0.15) is 5.82 Å². The van der Waals surface area contributed by atoms with E-state index in [9.17, 15) is 4.39 Å². The second-order valence-corrected chi connectivity index (χ2v) is 11.6. The van der Waals surface area contributed by atoms with Crippen molar-refractivity contribution < 1.29 is 4.39 Å². The zero-order valence-corrected chi connectivity index (χ0v) is 24.3. The average molecular weight is 586 g/mol. The Morgan fingerprint density at radius 3 is 1.55 bits per heavy atom. The number of benzene rings is 6. The van der Waals surface area contributed by atoms with E-state index in [1.54, 1.807) is 18.2 Å². The molecule has 0 fully saturated rings. The molecule has 2 aromatic heterocycles. The maximum atomic E-state index is 14.9. The third-order valence-electron chi connectivity index (χ3n) is 7.82. The number of thiophene rings is 1. The normalized spacial score (nSPS) is 11.3. The van der Waals surface area contributed by atoms with Crippen LogP contribution in [-0.2, 0) is 0 Å². The topological polar surface area (TPSA) is 38.7 Å². The summed E-state index contributed by atoms with van der Waals surface area (Å²) in [6, 6.07) is 48.2. The van der Waals surface area contributed by atoms with Crippen molar-refractivity contribution in [3.05, 3.63) is 151 Å². The smallest absolute Gasteiger partial charge is 0.167 e. The fourth-order valence-electron chi connectivity index (χ4n) is 5.70. The van der Waals surface area contributed by atoms with Crippen molar-refractivity contribution >= 4 is 31.5 Å². The molecule has 0 saturated carbocycles. The second-order valence-electron chi connectivity index (χ2n) is 10.6. The molecule has 0 atom stereocenters. The van der Waals surface area contributed by atoms with Crippen LogP contribution < -0.4 is 0 Å². The lowest BCUT2D eigenvalue weighted by molar-refractivity contribution is 0.630. The van der Waals surface area contributed by atoms with E-state index < -0.39 is 0 Å². The molecule has 0 aliphatic rings. The molecule has 2 heterocycles. The summed E-state index contributed by atoms with van der Waals surface area (Å²) in [7, 11) is 0. The first-order valence-electron chi connectivity index (χ1n) is 14.4. The van der Waals surface area contributed by atoms with Crippen molar-refractivity contribution in [3.63, 3.8) is 0 Å². The van der Waals surface area contributed by atoms with E-state index in [-0.39, 0.29) is 5.82 Å². The van der Waals surface area contributed by atoms with Crippen LogP contribution in [0.4, 0.5) is 4.39 Å². The fraction of sp³-hybridized carbons (Fsp3) is 0. The van der Waals surface area contributed by atoms with Gasteiger partial charge in [0.15, 0.2) is 17.5 Å². The Morgan fingerprint density at radius 1 is 0.386 bits per heavy atom. The van der Waals surface area contributed by atoms with Gasteiger partial charge in [-0.3, -0.25) is 0 Å². The van der Waals surface area contributed by atoms with Crippen LogP contribution in [0.2, 0.25) is 0 Å². The van der Waals surface area contributed by atoms with Crippen LogP contribution >= 0.6 is 11.3 Å². The standard InChI is InChI=1S/C39H24FN3S/c40-34-23-8-7-18-33(34)39-42-37(26-14-5-2-6-15-26)41-38(43-39)28-17-9-16-27(24-28)30-20-11-22-32-31-21-10-19-29(35(31)44-36(30)32)25-12-3-1-4-13-25/h1-24H. The van der Waals surface area contributed by atoms with E-state index in [0.29, 0.717) is 23.0 Å². The lowest BCUT2D eigenvalue weighted by Gasteiger charge is -2.10. The van der Waals surface area contributed by atoms with Gasteiger partial charge in [0, 0.05) is 31.3 Å². The zero-order chi connectivity index (χ0) is 29.5. The molecule has 8 aromatic rings. The van der Waals surface area contributed by atoms with Gasteiger partial charge in [-0.05, 0) is 40.5 Å². The van der Waals surface area contributed by atoms with Crippen LogP contribution in [0.25, 0.3) is 76.6 Å². The molecule has 6 aromatic carbocycles. The Hall–Kier alpha value is -5.52. The molecule has 0 unspecified atom stereocenters. The highest BCUT2D eigenvalue weighted by molar-refractivity contribution is 7.26. The molecular formula is C39H24FN3S. The van der Waals surface area contributed by atoms with Crippen molar-refractivity contribution in [3.8, 4) is 56.4 Å². The van der Waals surface area contributed by atoms with Crippen molar-refractivity contribution in [1.29, 1.82) is 0 Å². The summed E-state index contributed by atoms with van der Waals surface area (Å²) < 4.78 is 17.4. The Kier molecular flexibility index (Phi) is 6.51. The van der Waals surface area contributed by atoms with Crippen LogP contribution in [0, 0.1) is 5.82 Å². The molecule has 44 heavy (non-hydrogen) atoms. The highest BCUT2D eigenvalue weighted by Crippen LogP contribution is 2.44. The molecule has 0 aliphatic carbocycles. The average Bonchev–Trinajstić information content (AvgIpc) is 3.48. The molecule has 3 nitrogen and oxygen atoms in total. The number of halogens is 1. The van der Waals surface area contributed by atoms with E-state index in [1.165, 1.54) is 37.4 Å². The largest absolute Gasteiger partial charge is 0.208 e. The lowest BCUT2D eigenvalue weighted by Crippen LogP contribution is -2.01. The monoisotopic (exact) mass is 585 g/mol. The van der Waals surface area contributed by atoms with Gasteiger partial charge < -0.3 is 0 Å². The molecule has 0 N–H and O–H groups in total. The summed E-state index contributed by atoms with van der Waals surface area (Å²) in [6.45, 7) is 0. The first-order valence-corrected chi connectivity index (χ1v) is 15.2. The summed E-state index contributed by atoms with van der Waals surface area (Å²) in [6.07, 6.45) is 0. The molecule has 208 valence electrons. The molecule has 0 saturated heterocycles. The van der Waals surface area contributed by atoms with E-state index in [1.807, 2.05) is 59.9 Å². The van der Waals surface area contributed by atoms with Gasteiger partial charge in [-0.1, -0.05) is 127 Å². The van der Waals surface area contributed by atoms with Crippen LogP contribution in [0.5, 0.6) is 0 Å². The number of nitrogens with zero attached hydrogens (tertiary/aromatic N) is 3. The Bertz CT molecular complexity index is 2300. The minimum Gasteiger partial charge on any atom is -0.208 e. The Balaban J connectivity index is 1.29. The third kappa shape index (κ3) is 4.64. The molecule has 0 radical (unpaired) electrons. The molecule has 0 amide bonds. The first-order chi connectivity index (χ1) is 21.7. The molecule has 0 aliphatic heterocycles. The maximum Gasteiger partial charge on any atom is 0.167 e. The van der Waals surface area contributed by atoms with Gasteiger partial charge >= 0.3 is 0 Å². The van der Waals surface area contributed by atoms with E-state index in [4.69, 9.17) is 9.97 Å². The summed E-state index contributed by atoms with van der Waals surface area (Å²) in [5.41, 5.74) is 6.68. The Morgan fingerprint density at radius 2 is 0.864 bits per heavy atom. The lowest BCUT2D eigenvalue weighted by atomic mass is 9.99. The van der Waals surface area contributed by atoms with Gasteiger partial charge in [0.2, 0.25) is 0 Å². The number of aromatic nitrogens is 3. The number of hydrogen-bond donors (Lipinski definition) is 0. The molecule has 8 rings (SSSR count). The Labute approximate surface area is 258 Å². The molecule has 0 spiro atoms. The van der Waals surface area contributed by atoms with Crippen molar-refractivity contribution in [2.45, 2.75) is 0 Å². The predicted octanol–water partition coefficient (Wildman–Crippen LogP) is 10.7. The zero-order valence-electron chi connectivity index (χ0n) is 23.5. The number of rotatable bonds is 5. The number of hydrogen-bond acceptors (Lipinski definition) is 4. The van der Waals surface area contributed by atoms with Crippen LogP contribution in [0.1, 0.15) is 0 Å². The van der Waals surface area contributed by atoms with Crippen molar-refractivity contribution in [1.82, 2.24) is 15.0 Å². The predicted molar refractivity (Wildman–Crippen MR) is 180 cm³/mol. The van der Waals surface area contributed by atoms with Gasteiger partial charge in [0.05, 0.1) is 5.56 Å². The van der Waals surface area contributed by atoms with Gasteiger partial charge in [-0.25, -0.2) is 19.3 Å². The van der Waals surface area contributed by atoms with Gasteiger partial charge in [-0.2, -0.15) is 0 Å². The van der Waals surface area contributed by atoms with Gasteiger partial charge in [-0.15, -0.1) is 11.3 Å². The minimum absolute atomic E-state index is 0.303. The fourth-order valence-corrected chi connectivity index (χ4v) is 7.07. The molecule has 5 heteroatoms. The molecular weight excluding hydrogens is 562 g/mol. The summed E-state index contributed by atoms with van der Waals surface area (Å²) in [4.78, 5) is 14.3.